The average molecular weight is 537 g/mol. The van der Waals surface area contributed by atoms with E-state index in [9.17, 15) is 18.8 Å². The lowest BCUT2D eigenvalue weighted by atomic mass is 9.92. The first-order chi connectivity index (χ1) is 18.8. The Morgan fingerprint density at radius 2 is 1.87 bits per heavy atom. The van der Waals surface area contributed by atoms with Crippen LogP contribution in [0.25, 0.3) is 5.57 Å². The Morgan fingerprint density at radius 1 is 1.15 bits per heavy atom. The van der Waals surface area contributed by atoms with Crippen molar-refractivity contribution >= 4 is 29.6 Å². The molecule has 0 aliphatic carbocycles. The Kier molecular flexibility index (Phi) is 11.2. The van der Waals surface area contributed by atoms with Gasteiger partial charge in [0.1, 0.15) is 11.9 Å². The highest BCUT2D eigenvalue weighted by atomic mass is 19.1. The minimum absolute atomic E-state index is 0.0370. The number of methoxy groups -OCH3 is 1. The number of nitrogens with zero attached hydrogens (tertiary/aromatic N) is 2. The summed E-state index contributed by atoms with van der Waals surface area (Å²) in [6.45, 7) is 1.16. The van der Waals surface area contributed by atoms with Crippen molar-refractivity contribution in [2.75, 3.05) is 27.2 Å². The molecule has 0 aromatic heterocycles. The van der Waals surface area contributed by atoms with E-state index in [1.54, 1.807) is 19.3 Å². The van der Waals surface area contributed by atoms with Gasteiger partial charge >= 0.3 is 5.97 Å². The van der Waals surface area contributed by atoms with Gasteiger partial charge in [0.25, 0.3) is 0 Å². The van der Waals surface area contributed by atoms with Crippen molar-refractivity contribution in [1.29, 1.82) is 0 Å². The fraction of sp³-hybridized carbons (Fsp3) is 0.400. The first kappa shape index (κ1) is 29.5. The quantitative estimate of drug-likeness (QED) is 0.338. The second-order valence-corrected chi connectivity index (χ2v) is 9.71. The lowest BCUT2D eigenvalue weighted by Gasteiger charge is -2.32. The lowest BCUT2D eigenvalue weighted by Crippen LogP contribution is -2.44. The predicted molar refractivity (Wildman–Crippen MR) is 149 cm³/mol. The molecule has 3 rings (SSSR count). The summed E-state index contributed by atoms with van der Waals surface area (Å²) >= 11 is 0. The molecule has 9 heteroatoms. The number of piperidine rings is 1. The molecule has 8 nitrogen and oxygen atoms in total. The summed E-state index contributed by atoms with van der Waals surface area (Å²) in [5.41, 5.74) is 9.01. The predicted octanol–water partition coefficient (Wildman–Crippen LogP) is 3.29. The molecular formula is C30H37FN4O4. The van der Waals surface area contributed by atoms with Crippen LogP contribution in [0.1, 0.15) is 42.4 Å². The number of hydrogen-bond acceptors (Lipinski definition) is 6. The molecule has 1 fully saturated rings. The van der Waals surface area contributed by atoms with Crippen LogP contribution >= 0.6 is 0 Å². The van der Waals surface area contributed by atoms with Gasteiger partial charge < -0.3 is 20.7 Å². The molecule has 1 aliphatic heterocycles. The second kappa shape index (κ2) is 14.8. The van der Waals surface area contributed by atoms with Gasteiger partial charge in [-0.3, -0.25) is 14.6 Å². The number of nitrogens with two attached hydrogens (primary N) is 1. The fourth-order valence-corrected chi connectivity index (χ4v) is 4.76. The zero-order valence-corrected chi connectivity index (χ0v) is 22.6. The number of esters is 1. The first-order valence-corrected chi connectivity index (χ1v) is 13.2. The monoisotopic (exact) mass is 536 g/mol. The summed E-state index contributed by atoms with van der Waals surface area (Å²) in [7, 11) is 2.97. The first-order valence-electron chi connectivity index (χ1n) is 13.2. The molecule has 3 N–H and O–H groups in total. The number of nitrogens with one attached hydrogen (secondary N) is 1. The summed E-state index contributed by atoms with van der Waals surface area (Å²) < 4.78 is 18.3. The number of amides is 2. The molecule has 1 heterocycles. The van der Waals surface area contributed by atoms with Gasteiger partial charge in [-0.2, -0.15) is 0 Å². The smallest absolute Gasteiger partial charge is 0.328 e. The number of ether oxygens (including phenoxy) is 1. The molecule has 208 valence electrons. The number of aryl methyl sites for hydroxylation is 1. The van der Waals surface area contributed by atoms with Crippen LogP contribution in [-0.4, -0.2) is 62.2 Å². The van der Waals surface area contributed by atoms with Crippen LogP contribution in [0.4, 0.5) is 4.39 Å². The zero-order chi connectivity index (χ0) is 28.2. The molecule has 0 bridgehead atoms. The molecule has 2 aromatic carbocycles. The molecule has 1 saturated heterocycles. The van der Waals surface area contributed by atoms with E-state index in [-0.39, 0.29) is 30.0 Å². The van der Waals surface area contributed by atoms with E-state index in [4.69, 9.17) is 10.5 Å². The van der Waals surface area contributed by atoms with Crippen molar-refractivity contribution in [3.63, 3.8) is 0 Å². The number of benzene rings is 2. The van der Waals surface area contributed by atoms with Crippen LogP contribution in [0.5, 0.6) is 0 Å². The van der Waals surface area contributed by atoms with E-state index in [0.717, 1.165) is 22.3 Å². The Morgan fingerprint density at radius 3 is 2.49 bits per heavy atom. The number of rotatable bonds is 11. The zero-order valence-electron chi connectivity index (χ0n) is 22.6. The number of allylic oxidation sites excluding steroid dienone is 1. The van der Waals surface area contributed by atoms with Crippen molar-refractivity contribution in [3.8, 4) is 0 Å². The molecular weight excluding hydrogens is 499 g/mol. The third-order valence-electron chi connectivity index (χ3n) is 6.95. The molecule has 1 unspecified atom stereocenters. The van der Waals surface area contributed by atoms with Gasteiger partial charge in [-0.25, -0.2) is 9.18 Å². The van der Waals surface area contributed by atoms with Crippen LogP contribution in [-0.2, 0) is 32.0 Å². The molecule has 0 saturated carbocycles. The summed E-state index contributed by atoms with van der Waals surface area (Å²) in [6, 6.07) is 13.0. The van der Waals surface area contributed by atoms with Gasteiger partial charge in [0.05, 0.1) is 7.11 Å². The van der Waals surface area contributed by atoms with E-state index in [2.05, 4.69) is 10.3 Å². The number of hydrogen-bond donors (Lipinski definition) is 2. The topological polar surface area (TPSA) is 114 Å². The van der Waals surface area contributed by atoms with Gasteiger partial charge in [-0.1, -0.05) is 36.4 Å². The van der Waals surface area contributed by atoms with E-state index in [0.29, 0.717) is 45.2 Å². The summed E-state index contributed by atoms with van der Waals surface area (Å²) in [5, 5.41) is 2.83. The van der Waals surface area contributed by atoms with E-state index < -0.39 is 12.0 Å². The highest BCUT2D eigenvalue weighted by molar-refractivity contribution is 6.09. The minimum atomic E-state index is -0.806. The maximum Gasteiger partial charge on any atom is 0.328 e. The molecule has 1 atom stereocenters. The van der Waals surface area contributed by atoms with Crippen molar-refractivity contribution < 1.29 is 23.5 Å². The van der Waals surface area contributed by atoms with Crippen molar-refractivity contribution in [2.24, 2.45) is 16.6 Å². The largest absolute Gasteiger partial charge is 0.467 e. The van der Waals surface area contributed by atoms with Gasteiger partial charge in [0.2, 0.25) is 11.8 Å². The van der Waals surface area contributed by atoms with Crippen LogP contribution in [0.3, 0.4) is 0 Å². The molecule has 1 aliphatic rings. The maximum atomic E-state index is 13.4. The molecule has 39 heavy (non-hydrogen) atoms. The Balaban J connectivity index is 1.48. The number of halogens is 1. The summed E-state index contributed by atoms with van der Waals surface area (Å²) in [4.78, 5) is 43.6. The van der Waals surface area contributed by atoms with Gasteiger partial charge in [0.15, 0.2) is 0 Å². The SMILES string of the molecule is CN=C/C(=C\N)c1ccc(CC(NC(=O)CC2CCN(C(=O)CCc3cccc(F)c3)CC2)C(=O)OC)cc1. The Hall–Kier alpha value is -4.01. The van der Waals surface area contributed by atoms with Gasteiger partial charge in [-0.05, 0) is 54.0 Å². The average Bonchev–Trinajstić information content (AvgIpc) is 2.94. The Bertz CT molecular complexity index is 1190. The van der Waals surface area contributed by atoms with Crippen molar-refractivity contribution in [3.05, 3.63) is 77.2 Å². The molecule has 0 radical (unpaired) electrons. The van der Waals surface area contributed by atoms with E-state index >= 15 is 0 Å². The number of aliphatic imine (C=N–C) groups is 1. The maximum absolute atomic E-state index is 13.4. The van der Waals surface area contributed by atoms with Gasteiger partial charge in [0, 0.05) is 57.4 Å². The number of carbonyl (C=O) groups excluding carboxylic acids is 3. The molecule has 2 aromatic rings. The minimum Gasteiger partial charge on any atom is -0.467 e. The van der Waals surface area contributed by atoms with Crippen molar-refractivity contribution in [2.45, 2.75) is 44.6 Å². The number of likely N-dealkylation sites (tertiary alicyclic amines) is 1. The van der Waals surface area contributed by atoms with Crippen LogP contribution in [0.2, 0.25) is 0 Å². The fourth-order valence-electron chi connectivity index (χ4n) is 4.76. The standard InChI is InChI=1S/C30H37FN4O4/c1-33-20-25(19-32)24-9-6-22(7-10-24)17-27(30(38)39-2)34-28(36)18-23-12-14-35(15-13-23)29(37)11-8-21-4-3-5-26(31)16-21/h3-7,9-10,16,19-20,23,27H,8,11-15,17-18,32H2,1-2H3,(H,34,36)/b25-19+,33-20?. The third-order valence-corrected chi connectivity index (χ3v) is 6.95. The third kappa shape index (κ3) is 9.05. The highest BCUT2D eigenvalue weighted by Crippen LogP contribution is 2.22. The second-order valence-electron chi connectivity index (χ2n) is 9.71. The molecule has 0 spiro atoms. The number of carbonyl (C=O) groups is 3. The summed E-state index contributed by atoms with van der Waals surface area (Å²) in [6.07, 6.45) is 5.95. The highest BCUT2D eigenvalue weighted by Gasteiger charge is 2.27. The van der Waals surface area contributed by atoms with Crippen molar-refractivity contribution in [1.82, 2.24) is 10.2 Å². The van der Waals surface area contributed by atoms with Crippen LogP contribution in [0, 0.1) is 11.7 Å². The van der Waals surface area contributed by atoms with Crippen LogP contribution in [0.15, 0.2) is 59.7 Å². The summed E-state index contributed by atoms with van der Waals surface area (Å²) in [5.74, 6) is -0.869. The van der Waals surface area contributed by atoms with E-state index in [1.807, 2.05) is 35.2 Å². The lowest BCUT2D eigenvalue weighted by molar-refractivity contribution is -0.145. The molecule has 2 amide bonds. The van der Waals surface area contributed by atoms with E-state index in [1.165, 1.54) is 25.4 Å². The van der Waals surface area contributed by atoms with Gasteiger partial charge in [-0.15, -0.1) is 0 Å². The normalized spacial score (nSPS) is 15.3. The Labute approximate surface area is 229 Å². The van der Waals surface area contributed by atoms with Crippen LogP contribution < -0.4 is 11.1 Å².